The van der Waals surface area contributed by atoms with Gasteiger partial charge in [-0.15, -0.1) is 21.5 Å². The van der Waals surface area contributed by atoms with E-state index < -0.39 is 0 Å². The average Bonchev–Trinajstić information content (AvgIpc) is 3.67. The van der Waals surface area contributed by atoms with Crippen LogP contribution in [0.4, 0.5) is 0 Å². The fraction of sp³-hybridized carbons (Fsp3) is 0. The molecule has 0 spiro atoms. The Morgan fingerprint density at radius 2 is 1.14 bits per heavy atom. The molecule has 0 aliphatic carbocycles. The highest BCUT2D eigenvalue weighted by atomic mass is 32.1. The first-order valence-corrected chi connectivity index (χ1v) is 15.5. The molecular weight excluding hydrogens is 557 g/mol. The van der Waals surface area contributed by atoms with Crippen molar-refractivity contribution in [3.05, 3.63) is 140 Å². The van der Waals surface area contributed by atoms with Crippen LogP contribution in [0, 0.1) is 0 Å². The van der Waals surface area contributed by atoms with Crippen molar-refractivity contribution in [3.63, 3.8) is 0 Å². The van der Waals surface area contributed by atoms with E-state index in [0.717, 1.165) is 61.2 Å². The van der Waals surface area contributed by atoms with Crippen LogP contribution in [0.3, 0.4) is 0 Å². The maximum absolute atomic E-state index is 4.87. The second-order valence-electron chi connectivity index (χ2n) is 11.0. The number of rotatable bonds is 4. The van der Waals surface area contributed by atoms with Crippen LogP contribution < -0.4 is 0 Å². The number of hydrogen-bond acceptors (Lipinski definition) is 4. The lowest BCUT2D eigenvalue weighted by Gasteiger charge is -2.17. The molecule has 206 valence electrons. The van der Waals surface area contributed by atoms with Crippen molar-refractivity contribution in [2.24, 2.45) is 0 Å². The van der Waals surface area contributed by atoms with Crippen LogP contribution in [0.15, 0.2) is 140 Å². The molecule has 1 N–H and O–H groups in total. The number of hydrogen-bond donors (Lipinski definition) is 1. The quantitative estimate of drug-likeness (QED) is 0.225. The van der Waals surface area contributed by atoms with Gasteiger partial charge in [0, 0.05) is 53.2 Å². The number of fused-ring (bicyclic) bond motifs is 6. The maximum Gasteiger partial charge on any atom is 0.108 e. The largest absolute Gasteiger partial charge is 0.354 e. The van der Waals surface area contributed by atoms with E-state index in [1.807, 2.05) is 17.4 Å². The predicted octanol–water partition coefficient (Wildman–Crippen LogP) is 10.5. The molecule has 0 aliphatic heterocycles. The average molecular weight is 581 g/mol. The molecule has 0 bridgehead atoms. The minimum atomic E-state index is 0.800. The van der Waals surface area contributed by atoms with E-state index in [0.29, 0.717) is 0 Å². The van der Waals surface area contributed by atoms with Crippen molar-refractivity contribution < 1.29 is 0 Å². The monoisotopic (exact) mass is 580 g/mol. The van der Waals surface area contributed by atoms with Crippen molar-refractivity contribution >= 4 is 53.3 Å². The third-order valence-electron chi connectivity index (χ3n) is 8.49. The number of nitrogens with zero attached hydrogens (tertiary/aromatic N) is 3. The van der Waals surface area contributed by atoms with Gasteiger partial charge in [0.2, 0.25) is 0 Å². The second-order valence-corrected chi connectivity index (χ2v) is 12.0. The molecule has 0 amide bonds. The molecule has 0 radical (unpaired) electrons. The first-order chi connectivity index (χ1) is 21.8. The van der Waals surface area contributed by atoms with Crippen molar-refractivity contribution in [1.29, 1.82) is 0 Å². The molecule has 4 nitrogen and oxygen atoms in total. The van der Waals surface area contributed by atoms with Crippen molar-refractivity contribution in [2.45, 2.75) is 0 Å². The summed E-state index contributed by atoms with van der Waals surface area (Å²) in [6.45, 7) is 0. The third-order valence-corrected chi connectivity index (χ3v) is 9.62. The Labute approximate surface area is 257 Å². The summed E-state index contributed by atoms with van der Waals surface area (Å²) in [5.41, 5.74) is 10.0. The molecule has 0 saturated heterocycles. The highest BCUT2D eigenvalue weighted by Crippen LogP contribution is 2.47. The summed E-state index contributed by atoms with van der Waals surface area (Å²) < 4.78 is 2.48. The second kappa shape index (κ2) is 9.97. The van der Waals surface area contributed by atoms with Crippen LogP contribution in [0.2, 0.25) is 0 Å². The Bertz CT molecular complexity index is 2490. The summed E-state index contributed by atoms with van der Waals surface area (Å²) in [4.78, 5) is 3.76. The fourth-order valence-corrected chi connectivity index (χ4v) is 7.69. The van der Waals surface area contributed by atoms with E-state index in [1.165, 1.54) is 25.6 Å². The van der Waals surface area contributed by atoms with Crippen molar-refractivity contribution in [1.82, 2.24) is 20.4 Å². The lowest BCUT2D eigenvalue weighted by atomic mass is 9.89. The van der Waals surface area contributed by atoms with Gasteiger partial charge < -0.3 is 4.98 Å². The van der Waals surface area contributed by atoms with Crippen LogP contribution in [-0.2, 0) is 0 Å². The number of nitrogens with one attached hydrogen (secondary N) is 1. The summed E-state index contributed by atoms with van der Waals surface area (Å²) in [6, 6.07) is 49.0. The predicted molar refractivity (Wildman–Crippen MR) is 184 cm³/mol. The van der Waals surface area contributed by atoms with Gasteiger partial charge in [0.1, 0.15) is 11.4 Å². The molecule has 6 aromatic carbocycles. The Balaban J connectivity index is 1.44. The number of benzene rings is 6. The summed E-state index contributed by atoms with van der Waals surface area (Å²) in [5.74, 6) is 0. The smallest absolute Gasteiger partial charge is 0.108 e. The first-order valence-electron chi connectivity index (χ1n) is 14.6. The van der Waals surface area contributed by atoms with Crippen molar-refractivity contribution in [2.75, 3.05) is 0 Å². The van der Waals surface area contributed by atoms with E-state index in [-0.39, 0.29) is 0 Å². The molecule has 0 aliphatic rings. The van der Waals surface area contributed by atoms with E-state index in [9.17, 15) is 0 Å². The molecule has 3 heterocycles. The van der Waals surface area contributed by atoms with Crippen LogP contribution in [-0.4, -0.2) is 20.4 Å². The fourth-order valence-electron chi connectivity index (χ4n) is 6.56. The zero-order valence-corrected chi connectivity index (χ0v) is 24.3. The number of aromatic amines is 1. The lowest BCUT2D eigenvalue weighted by Crippen LogP contribution is -2.02. The molecule has 0 fully saturated rings. The third kappa shape index (κ3) is 3.80. The molecule has 0 atom stereocenters. The van der Waals surface area contributed by atoms with Gasteiger partial charge in [-0.3, -0.25) is 0 Å². The van der Waals surface area contributed by atoms with Crippen LogP contribution in [0.25, 0.3) is 86.7 Å². The van der Waals surface area contributed by atoms with Gasteiger partial charge in [0.05, 0.1) is 5.52 Å². The maximum atomic E-state index is 4.87. The van der Waals surface area contributed by atoms with Gasteiger partial charge in [-0.1, -0.05) is 121 Å². The van der Waals surface area contributed by atoms with Crippen LogP contribution in [0.5, 0.6) is 0 Å². The number of para-hydroxylation sites is 1. The Morgan fingerprint density at radius 1 is 0.455 bits per heavy atom. The van der Waals surface area contributed by atoms with E-state index in [4.69, 9.17) is 10.2 Å². The molecule has 0 unspecified atom stereocenters. The lowest BCUT2D eigenvalue weighted by molar-refractivity contribution is 0.880. The minimum Gasteiger partial charge on any atom is -0.354 e. The molecule has 0 saturated carbocycles. The minimum absolute atomic E-state index is 0.800. The molecule has 9 rings (SSSR count). The van der Waals surface area contributed by atoms with E-state index in [1.54, 1.807) is 0 Å². The van der Waals surface area contributed by atoms with Gasteiger partial charge >= 0.3 is 0 Å². The summed E-state index contributed by atoms with van der Waals surface area (Å²) >= 11 is 1.81. The topological polar surface area (TPSA) is 54.5 Å². The van der Waals surface area contributed by atoms with Gasteiger partial charge in [-0.25, -0.2) is 0 Å². The number of aromatic nitrogens is 4. The number of thiophene rings is 1. The zero-order chi connectivity index (χ0) is 29.0. The Hall–Kier alpha value is -5.65. The standard InChI is InChI=1S/C39H24N4S/c1-3-12-24(13-4-1)26-22-23-28-27-16-7-9-19-31(27)40-37(28)36(26)39-34(25-14-5-2-6-15-25)38(41-43-42-39)30-18-11-21-33-35(30)29-17-8-10-20-32(29)44-33/h1-23,40H. The van der Waals surface area contributed by atoms with Crippen LogP contribution >= 0.6 is 11.3 Å². The van der Waals surface area contributed by atoms with Crippen LogP contribution in [0.1, 0.15) is 0 Å². The van der Waals surface area contributed by atoms with Gasteiger partial charge in [-0.05, 0) is 40.1 Å². The van der Waals surface area contributed by atoms with E-state index >= 15 is 0 Å². The Morgan fingerprint density at radius 3 is 1.98 bits per heavy atom. The SMILES string of the molecule is c1ccc(-c2ccc3c([nH]c4ccccc43)c2-c2nnnc(-c3cccc4sc5ccccc5c34)c2-c2ccccc2)cc1. The van der Waals surface area contributed by atoms with Gasteiger partial charge in [0.15, 0.2) is 0 Å². The molecule has 44 heavy (non-hydrogen) atoms. The number of H-pyrrole nitrogens is 1. The Kier molecular flexibility index (Phi) is 5.64. The molecule has 5 heteroatoms. The summed E-state index contributed by atoms with van der Waals surface area (Å²) in [5, 5.41) is 18.9. The zero-order valence-electron chi connectivity index (χ0n) is 23.5. The first kappa shape index (κ1) is 24.9. The molecule has 3 aromatic heterocycles. The van der Waals surface area contributed by atoms with Gasteiger partial charge in [-0.2, -0.15) is 0 Å². The molecule has 9 aromatic rings. The van der Waals surface area contributed by atoms with E-state index in [2.05, 4.69) is 144 Å². The summed E-state index contributed by atoms with van der Waals surface area (Å²) in [6.07, 6.45) is 0. The highest BCUT2D eigenvalue weighted by molar-refractivity contribution is 7.25. The van der Waals surface area contributed by atoms with Crippen molar-refractivity contribution in [3.8, 4) is 44.8 Å². The van der Waals surface area contributed by atoms with Gasteiger partial charge in [0.25, 0.3) is 0 Å². The summed E-state index contributed by atoms with van der Waals surface area (Å²) in [7, 11) is 0. The molecular formula is C39H24N4S. The highest BCUT2D eigenvalue weighted by Gasteiger charge is 2.25. The normalized spacial score (nSPS) is 11.6.